The summed E-state index contributed by atoms with van der Waals surface area (Å²) in [5.74, 6) is -3.66. The lowest BCUT2D eigenvalue weighted by molar-refractivity contribution is -0.134. The molecule has 0 spiro atoms. The Bertz CT molecular complexity index is 5340. The lowest BCUT2D eigenvalue weighted by Gasteiger charge is -2.15. The number of phenols is 3. The van der Waals surface area contributed by atoms with Gasteiger partial charge < -0.3 is 35.4 Å². The molecule has 0 saturated carbocycles. The van der Waals surface area contributed by atoms with Gasteiger partial charge in [-0.25, -0.2) is 29.6 Å². The number of aliphatic carboxylic acids is 3. The van der Waals surface area contributed by atoms with Gasteiger partial charge in [-0.1, -0.05) is 139 Å². The van der Waals surface area contributed by atoms with Crippen LogP contribution in [0, 0.1) is 5.82 Å². The number of carbonyl (C=O) groups is 3. The predicted octanol–water partition coefficient (Wildman–Crippen LogP) is 16.8. The van der Waals surface area contributed by atoms with E-state index in [1.807, 2.05) is 48.5 Å². The molecule has 0 aromatic heterocycles. The molecule has 0 unspecified atom stereocenters. The Balaban J connectivity index is 0.000000162. The van der Waals surface area contributed by atoms with Gasteiger partial charge in [-0.2, -0.15) is 0 Å². The third-order valence-electron chi connectivity index (χ3n) is 14.1. The molecule has 12 rings (SSSR count). The molecule has 100 heavy (non-hydrogen) atoms. The van der Waals surface area contributed by atoms with Gasteiger partial charge in [0.2, 0.25) is 0 Å². The van der Waals surface area contributed by atoms with Crippen molar-refractivity contribution in [2.75, 3.05) is 31.4 Å². The molecule has 510 valence electrons. The predicted molar refractivity (Wildman–Crippen MR) is 391 cm³/mol. The number of halogens is 1. The van der Waals surface area contributed by atoms with E-state index < -0.39 is 48.0 Å². The zero-order chi connectivity index (χ0) is 71.1. The molecule has 0 aliphatic carbocycles. The molecule has 0 bridgehead atoms. The number of aromatic hydroxyl groups is 3. The first-order valence-electron chi connectivity index (χ1n) is 29.5. The molecule has 0 atom stereocenters. The van der Waals surface area contributed by atoms with E-state index in [-0.39, 0.29) is 86.8 Å². The number of nitrogens with one attached hydrogen (secondary N) is 3. The summed E-state index contributed by atoms with van der Waals surface area (Å²) < 4.78 is 105. The van der Waals surface area contributed by atoms with E-state index in [1.165, 1.54) is 90.3 Å². The minimum absolute atomic E-state index is 0.00664. The van der Waals surface area contributed by atoms with Crippen molar-refractivity contribution < 1.29 is 79.4 Å². The molecule has 0 radical (unpaired) electrons. The molecule has 0 fully saturated rings. The van der Waals surface area contributed by atoms with Crippen LogP contribution in [0.2, 0.25) is 0 Å². The summed E-state index contributed by atoms with van der Waals surface area (Å²) in [5.41, 5.74) is 0.718. The number of anilines is 3. The normalized spacial score (nSPS) is 11.4. The molecule has 28 heteroatoms. The van der Waals surface area contributed by atoms with E-state index >= 15 is 0 Å². The SMILES string of the molecule is O=C(O)CSc1cc(NS(=O)(=O)c2ccc(Sc3ccc(F)cc3)cc2)c2ccccc2c1O.O=C(O)CSc1cc(NS(=O)(=O)c2ccc(Sc3ccccc3)cc2)c2ccccc2c1O.O=C(O)CSc1cc(NS(=O)(=O)c2cccc(Oc3ccccc3)c2)c2ccccc2c1O. The number of thioether (sulfide) groups is 3. The van der Waals surface area contributed by atoms with Crippen molar-refractivity contribution in [1.29, 1.82) is 0 Å². The van der Waals surface area contributed by atoms with Crippen molar-refractivity contribution in [3.63, 3.8) is 0 Å². The second-order valence-electron chi connectivity index (χ2n) is 21.1. The number of hydrogen-bond donors (Lipinski definition) is 9. The van der Waals surface area contributed by atoms with Crippen LogP contribution in [0.15, 0.2) is 298 Å². The number of fused-ring (bicyclic) bond motifs is 3. The Labute approximate surface area is 594 Å². The topological polar surface area (TPSA) is 320 Å². The van der Waals surface area contributed by atoms with Gasteiger partial charge in [0.15, 0.2) is 0 Å². The number of phenolic OH excluding ortho intramolecular Hbond substituents is 3. The second kappa shape index (κ2) is 32.8. The van der Waals surface area contributed by atoms with Crippen LogP contribution in [0.25, 0.3) is 32.3 Å². The summed E-state index contributed by atoms with van der Waals surface area (Å²) in [7, 11) is -11.9. The Hall–Kier alpha value is -10.0. The van der Waals surface area contributed by atoms with Crippen molar-refractivity contribution >= 4 is 156 Å². The van der Waals surface area contributed by atoms with Crippen molar-refractivity contribution in [1.82, 2.24) is 0 Å². The Morgan fingerprint density at radius 3 is 1.00 bits per heavy atom. The van der Waals surface area contributed by atoms with E-state index in [9.17, 15) is 59.3 Å². The van der Waals surface area contributed by atoms with Gasteiger partial charge in [0.25, 0.3) is 30.1 Å². The van der Waals surface area contributed by atoms with Crippen molar-refractivity contribution in [2.24, 2.45) is 0 Å². The number of rotatable bonds is 24. The fraction of sp³-hybridized carbons (Fsp3) is 0.0417. The van der Waals surface area contributed by atoms with Crippen LogP contribution in [0.1, 0.15) is 0 Å². The fourth-order valence-electron chi connectivity index (χ4n) is 9.58. The molecule has 0 aliphatic rings. The third kappa shape index (κ3) is 19.0. The highest BCUT2D eigenvalue weighted by Crippen LogP contribution is 2.44. The van der Waals surface area contributed by atoms with Crippen molar-refractivity contribution in [3.05, 3.63) is 255 Å². The zero-order valence-corrected chi connectivity index (χ0v) is 58.2. The smallest absolute Gasteiger partial charge is 0.313 e. The number of para-hydroxylation sites is 1. The highest BCUT2D eigenvalue weighted by Gasteiger charge is 2.24. The first-order chi connectivity index (χ1) is 47.9. The summed E-state index contributed by atoms with van der Waals surface area (Å²) in [5, 5.41) is 61.4. The number of sulfonamides is 3. The van der Waals surface area contributed by atoms with E-state index in [1.54, 1.807) is 133 Å². The van der Waals surface area contributed by atoms with Gasteiger partial charge >= 0.3 is 17.9 Å². The van der Waals surface area contributed by atoms with E-state index in [0.717, 1.165) is 54.9 Å². The van der Waals surface area contributed by atoms with Crippen LogP contribution in [0.3, 0.4) is 0 Å². The maximum Gasteiger partial charge on any atom is 0.313 e. The molecule has 19 nitrogen and oxygen atoms in total. The quantitative estimate of drug-likeness (QED) is 0.0200. The fourth-order valence-corrected chi connectivity index (χ4v) is 16.7. The lowest BCUT2D eigenvalue weighted by Crippen LogP contribution is -2.13. The number of carboxylic acids is 3. The first kappa shape index (κ1) is 72.7. The van der Waals surface area contributed by atoms with Crippen LogP contribution in [-0.4, -0.2) is 91.1 Å². The zero-order valence-electron chi connectivity index (χ0n) is 51.7. The summed E-state index contributed by atoms with van der Waals surface area (Å²) in [6.45, 7) is 0. The molecular formula is C72H56FN3O16S8. The van der Waals surface area contributed by atoms with Gasteiger partial charge in [0.05, 0.1) is 63.7 Å². The third-order valence-corrected chi connectivity index (χ3v) is 23.3. The average molecular weight is 1490 g/mol. The Morgan fingerprint density at radius 1 is 0.340 bits per heavy atom. The molecule has 0 amide bonds. The van der Waals surface area contributed by atoms with Crippen molar-refractivity contribution in [3.8, 4) is 28.7 Å². The van der Waals surface area contributed by atoms with E-state index in [2.05, 4.69) is 14.2 Å². The maximum atomic E-state index is 13.2. The molecule has 12 aromatic carbocycles. The summed E-state index contributed by atoms with van der Waals surface area (Å²) in [6.07, 6.45) is 0. The first-order valence-corrected chi connectivity index (χ1v) is 38.5. The van der Waals surface area contributed by atoms with Gasteiger partial charge in [-0.3, -0.25) is 28.5 Å². The molecule has 0 heterocycles. The molecule has 0 aliphatic heterocycles. The largest absolute Gasteiger partial charge is 0.506 e. The minimum Gasteiger partial charge on any atom is -0.506 e. The Morgan fingerprint density at radius 2 is 0.640 bits per heavy atom. The molecule has 12 aromatic rings. The van der Waals surface area contributed by atoms with Gasteiger partial charge in [0.1, 0.15) is 34.6 Å². The van der Waals surface area contributed by atoms with E-state index in [4.69, 9.17) is 20.1 Å². The van der Waals surface area contributed by atoms with Crippen LogP contribution in [-0.2, 0) is 44.5 Å². The van der Waals surface area contributed by atoms with Crippen LogP contribution < -0.4 is 18.9 Å². The standard InChI is InChI=1S/C24H18FNO5S3.C24H19NO6S2.C24H19NO5S3/c25-15-5-7-16(8-6-15)33-17-9-11-18(12-10-17)34(30,31)26-21-13-22(32-14-23(27)28)24(29)20-4-2-1-3-19(20)21;26-23(27)15-32-22-14-21(19-11-4-5-12-20(19)24(22)28)25-33(29,30)18-10-6-9-17(13-18)31-16-7-2-1-3-8-16;26-23(27)15-31-22-14-21(19-8-4-5-9-20(19)24(22)28)25-33(29,30)18-12-10-17(11-13-18)32-16-6-2-1-3-7-16/h1-13,26,29H,14H2,(H,27,28);2*1-14,25,28H,15H2,(H,26,27). The average Bonchev–Trinajstić information content (AvgIpc) is 0.787. The van der Waals surface area contributed by atoms with Crippen LogP contribution >= 0.6 is 58.8 Å². The van der Waals surface area contributed by atoms with Gasteiger partial charge in [-0.15, -0.1) is 35.3 Å². The van der Waals surface area contributed by atoms with Crippen LogP contribution in [0.4, 0.5) is 21.5 Å². The summed E-state index contributed by atoms with van der Waals surface area (Å²) >= 11 is 5.63. The Kier molecular flexibility index (Phi) is 23.8. The van der Waals surface area contributed by atoms with Gasteiger partial charge in [0, 0.05) is 58.0 Å². The lowest BCUT2D eigenvalue weighted by atomic mass is 10.1. The van der Waals surface area contributed by atoms with Gasteiger partial charge in [-0.05, 0) is 127 Å². The summed E-state index contributed by atoms with van der Waals surface area (Å²) in [4.78, 5) is 37.4. The highest BCUT2D eigenvalue weighted by atomic mass is 32.2. The van der Waals surface area contributed by atoms with E-state index in [0.29, 0.717) is 43.8 Å². The summed E-state index contributed by atoms with van der Waals surface area (Å²) in [6, 6.07) is 68.3. The monoisotopic (exact) mass is 1490 g/mol. The molecule has 0 saturated heterocycles. The second-order valence-corrected chi connectivity index (χ2v) is 31.5. The highest BCUT2D eigenvalue weighted by molar-refractivity contribution is 8.01. The van der Waals surface area contributed by atoms with Crippen LogP contribution in [0.5, 0.6) is 28.7 Å². The minimum atomic E-state index is -4.02. The number of carboxylic acid groups (broad SMARTS) is 3. The number of ether oxygens (including phenoxy) is 1. The maximum absolute atomic E-state index is 13.2. The van der Waals surface area contributed by atoms with Crippen molar-refractivity contribution in [2.45, 2.75) is 49.0 Å². The molecule has 9 N–H and O–H groups in total. The molecular weight excluding hydrogens is 1440 g/mol. The number of hydrogen-bond acceptors (Lipinski definition) is 18. The number of benzene rings is 12.